The fourth-order valence-electron chi connectivity index (χ4n) is 3.42. The number of hydrogen-bond donors (Lipinski definition) is 1. The van der Waals surface area contributed by atoms with E-state index in [1.165, 1.54) is 12.8 Å². The number of carbonyl (C=O) groups is 2. The molecular weight excluding hydrogens is 393 g/mol. The largest absolute Gasteiger partial charge is 0.490 e. The molecule has 1 aliphatic carbocycles. The van der Waals surface area contributed by atoms with E-state index in [4.69, 9.17) is 19.4 Å². The van der Waals surface area contributed by atoms with Gasteiger partial charge in [-0.05, 0) is 46.8 Å². The van der Waals surface area contributed by atoms with Crippen LogP contribution < -0.4 is 0 Å². The monoisotopic (exact) mass is 426 g/mol. The molecule has 0 radical (unpaired) electrons. The molecule has 1 heterocycles. The second-order valence-electron chi connectivity index (χ2n) is 7.78. The van der Waals surface area contributed by atoms with Crippen LogP contribution in [0, 0.1) is 5.92 Å². The molecule has 1 aliphatic heterocycles. The Morgan fingerprint density at radius 1 is 1.24 bits per heavy atom. The van der Waals surface area contributed by atoms with Gasteiger partial charge in [0.1, 0.15) is 6.61 Å². The molecule has 0 aromatic heterocycles. The van der Waals surface area contributed by atoms with Crippen LogP contribution in [0.15, 0.2) is 0 Å². The van der Waals surface area contributed by atoms with E-state index in [2.05, 4.69) is 25.9 Å². The van der Waals surface area contributed by atoms with Gasteiger partial charge < -0.3 is 24.4 Å². The van der Waals surface area contributed by atoms with Gasteiger partial charge >= 0.3 is 12.1 Å². The molecule has 10 heteroatoms. The van der Waals surface area contributed by atoms with E-state index in [9.17, 15) is 18.0 Å². The number of carboxylic acid groups (broad SMARTS) is 1. The Morgan fingerprint density at radius 3 is 2.34 bits per heavy atom. The van der Waals surface area contributed by atoms with Crippen LogP contribution in [-0.2, 0) is 19.1 Å². The number of halogens is 3. The molecule has 7 nitrogen and oxygen atoms in total. The van der Waals surface area contributed by atoms with E-state index in [1.54, 1.807) is 0 Å². The van der Waals surface area contributed by atoms with Crippen molar-refractivity contribution < 1.29 is 37.3 Å². The van der Waals surface area contributed by atoms with Crippen molar-refractivity contribution in [3.63, 3.8) is 0 Å². The Bertz CT molecular complexity index is 511. The molecule has 1 N–H and O–H groups in total. The standard InChI is InChI=1S/C17H32N2O3.C2HF3O2/c1-14-15(8-9-18(2)3)12-21-11-10-19(14)17(20)13-22-16-6-4-5-7-16;3-2(4,5)1(6)7/h14-16H,4-13H2,1-3H3;(H,6,7)/t14-,15+;/m0./s1. The molecule has 1 saturated carbocycles. The molecule has 2 atom stereocenters. The number of nitrogens with zero attached hydrogens (tertiary/aromatic N) is 2. The zero-order chi connectivity index (χ0) is 22.0. The van der Waals surface area contributed by atoms with Crippen molar-refractivity contribution in [2.45, 2.75) is 57.3 Å². The summed E-state index contributed by atoms with van der Waals surface area (Å²) < 4.78 is 43.3. The third-order valence-corrected chi connectivity index (χ3v) is 5.24. The Morgan fingerprint density at radius 2 is 1.83 bits per heavy atom. The minimum Gasteiger partial charge on any atom is -0.475 e. The number of hydrogen-bond acceptors (Lipinski definition) is 5. The summed E-state index contributed by atoms with van der Waals surface area (Å²) in [6, 6.07) is 0.224. The van der Waals surface area contributed by atoms with Gasteiger partial charge in [-0.15, -0.1) is 0 Å². The van der Waals surface area contributed by atoms with E-state index >= 15 is 0 Å². The van der Waals surface area contributed by atoms with Crippen molar-refractivity contribution in [2.24, 2.45) is 5.92 Å². The molecule has 2 rings (SSSR count). The Labute approximate surface area is 170 Å². The van der Waals surface area contributed by atoms with Crippen LogP contribution in [0.1, 0.15) is 39.0 Å². The van der Waals surface area contributed by atoms with Crippen LogP contribution in [0.5, 0.6) is 0 Å². The van der Waals surface area contributed by atoms with E-state index in [-0.39, 0.29) is 18.6 Å². The topological polar surface area (TPSA) is 79.3 Å². The molecular formula is C19H33F3N2O5. The fourth-order valence-corrected chi connectivity index (χ4v) is 3.42. The molecule has 0 aromatic carbocycles. The minimum atomic E-state index is -5.08. The third kappa shape index (κ3) is 9.77. The average Bonchev–Trinajstić information content (AvgIpc) is 3.07. The van der Waals surface area contributed by atoms with Crippen molar-refractivity contribution >= 4 is 11.9 Å². The van der Waals surface area contributed by atoms with E-state index < -0.39 is 12.1 Å². The first-order valence-corrected chi connectivity index (χ1v) is 9.96. The maximum absolute atomic E-state index is 12.5. The van der Waals surface area contributed by atoms with Crippen molar-refractivity contribution in [3.05, 3.63) is 0 Å². The quantitative estimate of drug-likeness (QED) is 0.703. The SMILES string of the molecule is C[C@H]1[C@H](CCN(C)C)COCCN1C(=O)COC1CCCC1.O=C(O)C(F)(F)F. The molecule has 0 spiro atoms. The maximum Gasteiger partial charge on any atom is 0.490 e. The zero-order valence-electron chi connectivity index (χ0n) is 17.4. The lowest BCUT2D eigenvalue weighted by Gasteiger charge is -2.32. The smallest absolute Gasteiger partial charge is 0.475 e. The average molecular weight is 426 g/mol. The summed E-state index contributed by atoms with van der Waals surface area (Å²) in [5, 5.41) is 7.12. The third-order valence-electron chi connectivity index (χ3n) is 5.24. The summed E-state index contributed by atoms with van der Waals surface area (Å²) >= 11 is 0. The molecule has 29 heavy (non-hydrogen) atoms. The number of aliphatic carboxylic acids is 1. The van der Waals surface area contributed by atoms with Gasteiger partial charge in [-0.3, -0.25) is 4.79 Å². The predicted octanol–water partition coefficient (Wildman–Crippen LogP) is 2.39. The number of carboxylic acids is 1. The molecule has 0 aromatic rings. The molecule has 0 unspecified atom stereocenters. The second kappa shape index (κ2) is 12.3. The molecule has 0 bridgehead atoms. The Hall–Kier alpha value is -1.39. The van der Waals surface area contributed by atoms with Crippen molar-refractivity contribution in [3.8, 4) is 0 Å². The fraction of sp³-hybridized carbons (Fsp3) is 0.895. The number of rotatable bonds is 6. The summed E-state index contributed by atoms with van der Waals surface area (Å²) in [5.41, 5.74) is 0. The summed E-state index contributed by atoms with van der Waals surface area (Å²) in [7, 11) is 4.17. The lowest BCUT2D eigenvalue weighted by Crippen LogP contribution is -2.45. The molecule has 2 aliphatic rings. The molecule has 1 saturated heterocycles. The van der Waals surface area contributed by atoms with Gasteiger partial charge in [0.05, 0.1) is 19.3 Å². The summed E-state index contributed by atoms with van der Waals surface area (Å²) in [6.45, 7) is 5.49. The summed E-state index contributed by atoms with van der Waals surface area (Å²) in [4.78, 5) is 25.6. The van der Waals surface area contributed by atoms with Crippen LogP contribution in [-0.4, -0.2) is 92.1 Å². The first-order valence-electron chi connectivity index (χ1n) is 9.96. The van der Waals surface area contributed by atoms with Crippen molar-refractivity contribution in [1.82, 2.24) is 9.80 Å². The number of ether oxygens (including phenoxy) is 2. The maximum atomic E-state index is 12.5. The van der Waals surface area contributed by atoms with E-state index in [0.717, 1.165) is 32.4 Å². The van der Waals surface area contributed by atoms with Gasteiger partial charge in [-0.2, -0.15) is 13.2 Å². The predicted molar refractivity (Wildman–Crippen MR) is 101 cm³/mol. The van der Waals surface area contributed by atoms with Gasteiger partial charge in [0.2, 0.25) is 5.91 Å². The second-order valence-corrected chi connectivity index (χ2v) is 7.78. The normalized spacial score (nSPS) is 23.5. The van der Waals surface area contributed by atoms with Crippen LogP contribution in [0.2, 0.25) is 0 Å². The Balaban J connectivity index is 0.000000516. The van der Waals surface area contributed by atoms with E-state index in [1.807, 2.05) is 4.90 Å². The first-order chi connectivity index (χ1) is 13.5. The number of amides is 1. The van der Waals surface area contributed by atoms with Gasteiger partial charge in [0.15, 0.2) is 0 Å². The highest BCUT2D eigenvalue weighted by molar-refractivity contribution is 5.77. The Kier molecular flexibility index (Phi) is 10.9. The highest BCUT2D eigenvalue weighted by atomic mass is 19.4. The number of alkyl halides is 3. The van der Waals surface area contributed by atoms with E-state index in [0.29, 0.717) is 25.2 Å². The molecule has 1 amide bonds. The molecule has 2 fully saturated rings. The van der Waals surface area contributed by atoms with Crippen LogP contribution in [0.25, 0.3) is 0 Å². The van der Waals surface area contributed by atoms with Crippen LogP contribution in [0.3, 0.4) is 0 Å². The lowest BCUT2D eigenvalue weighted by atomic mass is 9.97. The minimum absolute atomic E-state index is 0.125. The zero-order valence-corrected chi connectivity index (χ0v) is 17.4. The molecule has 170 valence electrons. The van der Waals surface area contributed by atoms with Gasteiger partial charge in [0, 0.05) is 18.5 Å². The number of carbonyl (C=O) groups excluding carboxylic acids is 1. The summed E-state index contributed by atoms with van der Waals surface area (Å²) in [6.07, 6.45) is 0.960. The van der Waals surface area contributed by atoms with Crippen molar-refractivity contribution in [2.75, 3.05) is 47.0 Å². The van der Waals surface area contributed by atoms with Gasteiger partial charge in [0.25, 0.3) is 0 Å². The van der Waals surface area contributed by atoms with Crippen LogP contribution >= 0.6 is 0 Å². The summed E-state index contributed by atoms with van der Waals surface area (Å²) in [5.74, 6) is -2.23. The van der Waals surface area contributed by atoms with Gasteiger partial charge in [-0.1, -0.05) is 12.8 Å². The van der Waals surface area contributed by atoms with Gasteiger partial charge in [-0.25, -0.2) is 4.79 Å². The highest BCUT2D eigenvalue weighted by Crippen LogP contribution is 2.22. The van der Waals surface area contributed by atoms with Crippen LogP contribution in [0.4, 0.5) is 13.2 Å². The first kappa shape index (κ1) is 25.6. The lowest BCUT2D eigenvalue weighted by molar-refractivity contribution is -0.192. The van der Waals surface area contributed by atoms with Crippen molar-refractivity contribution in [1.29, 1.82) is 0 Å². The highest BCUT2D eigenvalue weighted by Gasteiger charge is 2.38.